The average Bonchev–Trinajstić information content (AvgIpc) is 2.81. The van der Waals surface area contributed by atoms with Gasteiger partial charge in [-0.1, -0.05) is 0 Å². The Balaban J connectivity index is 2.28. The van der Waals surface area contributed by atoms with Crippen molar-refractivity contribution in [3.63, 3.8) is 0 Å². The Morgan fingerprint density at radius 1 is 1.53 bits per heavy atom. The molecule has 5 nitrogen and oxygen atoms in total. The number of hydrogen-bond acceptors (Lipinski definition) is 5. The zero-order valence-electron chi connectivity index (χ0n) is 8.99. The number of aromatic nitrogens is 2. The summed E-state index contributed by atoms with van der Waals surface area (Å²) >= 11 is 0. The van der Waals surface area contributed by atoms with Gasteiger partial charge in [0.2, 0.25) is 5.88 Å². The number of nitrogens with one attached hydrogen (secondary N) is 1. The van der Waals surface area contributed by atoms with Crippen LogP contribution in [0.15, 0.2) is 6.07 Å². The molecule has 0 aromatic carbocycles. The van der Waals surface area contributed by atoms with Crippen LogP contribution in [0.1, 0.15) is 24.8 Å². The van der Waals surface area contributed by atoms with Gasteiger partial charge in [0.15, 0.2) is 5.82 Å². The molecule has 1 aliphatic heterocycles. The van der Waals surface area contributed by atoms with E-state index >= 15 is 0 Å². The summed E-state index contributed by atoms with van der Waals surface area (Å²) in [5.74, 6) is 2.03. The molecule has 0 bridgehead atoms. The second-order valence-electron chi connectivity index (χ2n) is 3.41. The monoisotopic (exact) mass is 209 g/mol. The largest absolute Gasteiger partial charge is 0.481 e. The first-order chi connectivity index (χ1) is 7.33. The van der Waals surface area contributed by atoms with Gasteiger partial charge in [-0.05, 0) is 12.8 Å². The van der Waals surface area contributed by atoms with Gasteiger partial charge in [-0.25, -0.2) is 4.98 Å². The lowest BCUT2D eigenvalue weighted by atomic mass is 10.2. The summed E-state index contributed by atoms with van der Waals surface area (Å²) in [7, 11) is 3.42. The second kappa shape index (κ2) is 4.44. The molecule has 0 radical (unpaired) electrons. The topological polar surface area (TPSA) is 56.3 Å². The molecular weight excluding hydrogens is 194 g/mol. The van der Waals surface area contributed by atoms with E-state index in [0.29, 0.717) is 11.7 Å². The van der Waals surface area contributed by atoms with E-state index in [1.807, 2.05) is 7.05 Å². The predicted octanol–water partition coefficient (Wildman–Crippen LogP) is 1.38. The number of nitrogens with zero attached hydrogens (tertiary/aromatic N) is 2. The van der Waals surface area contributed by atoms with E-state index in [2.05, 4.69) is 15.3 Å². The summed E-state index contributed by atoms with van der Waals surface area (Å²) in [6.45, 7) is 0.792. The van der Waals surface area contributed by atoms with Gasteiger partial charge in [0.1, 0.15) is 11.9 Å². The molecule has 82 valence electrons. The highest BCUT2D eigenvalue weighted by atomic mass is 16.5. The van der Waals surface area contributed by atoms with Crippen LogP contribution in [-0.2, 0) is 4.74 Å². The van der Waals surface area contributed by atoms with E-state index in [1.165, 1.54) is 0 Å². The molecule has 1 unspecified atom stereocenters. The Hall–Kier alpha value is -1.36. The maximum Gasteiger partial charge on any atom is 0.218 e. The highest BCUT2D eigenvalue weighted by Gasteiger charge is 2.21. The Morgan fingerprint density at radius 2 is 2.40 bits per heavy atom. The third-order valence-corrected chi connectivity index (χ3v) is 2.40. The van der Waals surface area contributed by atoms with Gasteiger partial charge in [-0.3, -0.25) is 0 Å². The van der Waals surface area contributed by atoms with Crippen LogP contribution in [0.5, 0.6) is 5.88 Å². The van der Waals surface area contributed by atoms with E-state index in [1.54, 1.807) is 13.2 Å². The molecule has 1 atom stereocenters. The molecule has 1 fully saturated rings. The van der Waals surface area contributed by atoms with E-state index in [-0.39, 0.29) is 6.10 Å². The Bertz CT molecular complexity index is 315. The molecular formula is C10H15N3O2. The highest BCUT2D eigenvalue weighted by Crippen LogP contribution is 2.27. The summed E-state index contributed by atoms with van der Waals surface area (Å²) in [6, 6.07) is 1.76. The lowest BCUT2D eigenvalue weighted by Gasteiger charge is -2.10. The molecule has 2 rings (SSSR count). The standard InChI is InChI=1S/C10H15N3O2/c1-11-8-6-9(14-2)13-10(12-8)7-4-3-5-15-7/h6-7H,3-5H2,1-2H3,(H,11,12,13). The molecule has 0 spiro atoms. The summed E-state index contributed by atoms with van der Waals surface area (Å²) in [6.07, 6.45) is 2.07. The van der Waals surface area contributed by atoms with Crippen molar-refractivity contribution in [2.45, 2.75) is 18.9 Å². The van der Waals surface area contributed by atoms with Crippen molar-refractivity contribution in [1.82, 2.24) is 9.97 Å². The Morgan fingerprint density at radius 3 is 3.00 bits per heavy atom. The van der Waals surface area contributed by atoms with Gasteiger partial charge in [-0.2, -0.15) is 4.98 Å². The number of rotatable bonds is 3. The second-order valence-corrected chi connectivity index (χ2v) is 3.41. The predicted molar refractivity (Wildman–Crippen MR) is 56.1 cm³/mol. The van der Waals surface area contributed by atoms with E-state index in [0.717, 1.165) is 25.3 Å². The van der Waals surface area contributed by atoms with Gasteiger partial charge < -0.3 is 14.8 Å². The number of methoxy groups -OCH3 is 1. The number of hydrogen-bond donors (Lipinski definition) is 1. The van der Waals surface area contributed by atoms with Gasteiger partial charge >= 0.3 is 0 Å². The summed E-state index contributed by atoms with van der Waals surface area (Å²) in [4.78, 5) is 8.64. The van der Waals surface area contributed by atoms with E-state index in [9.17, 15) is 0 Å². The van der Waals surface area contributed by atoms with Crippen molar-refractivity contribution in [2.75, 3.05) is 26.1 Å². The van der Waals surface area contributed by atoms with Crippen LogP contribution in [0.25, 0.3) is 0 Å². The van der Waals surface area contributed by atoms with E-state index < -0.39 is 0 Å². The smallest absolute Gasteiger partial charge is 0.218 e. The fourth-order valence-electron chi connectivity index (χ4n) is 1.60. The lowest BCUT2D eigenvalue weighted by Crippen LogP contribution is -2.06. The Labute approximate surface area is 88.8 Å². The lowest BCUT2D eigenvalue weighted by molar-refractivity contribution is 0.104. The maximum absolute atomic E-state index is 5.53. The van der Waals surface area contributed by atoms with Crippen LogP contribution in [-0.4, -0.2) is 30.7 Å². The van der Waals surface area contributed by atoms with Crippen molar-refractivity contribution in [2.24, 2.45) is 0 Å². The minimum atomic E-state index is 0.0206. The molecule has 2 heterocycles. The van der Waals surface area contributed by atoms with Crippen LogP contribution in [0, 0.1) is 0 Å². The van der Waals surface area contributed by atoms with Crippen LogP contribution >= 0.6 is 0 Å². The molecule has 1 saturated heterocycles. The minimum Gasteiger partial charge on any atom is -0.481 e. The van der Waals surface area contributed by atoms with Gasteiger partial charge in [0.05, 0.1) is 7.11 Å². The first-order valence-corrected chi connectivity index (χ1v) is 5.06. The SMILES string of the molecule is CNc1cc(OC)nc(C2CCCO2)n1. The molecule has 1 N–H and O–H groups in total. The summed E-state index contributed by atoms with van der Waals surface area (Å²) in [5.41, 5.74) is 0. The van der Waals surface area contributed by atoms with Crippen molar-refractivity contribution >= 4 is 5.82 Å². The van der Waals surface area contributed by atoms with Crippen LogP contribution < -0.4 is 10.1 Å². The van der Waals surface area contributed by atoms with Crippen LogP contribution in [0.2, 0.25) is 0 Å². The van der Waals surface area contributed by atoms with Crippen molar-refractivity contribution < 1.29 is 9.47 Å². The molecule has 15 heavy (non-hydrogen) atoms. The third-order valence-electron chi connectivity index (χ3n) is 2.40. The third kappa shape index (κ3) is 2.18. The van der Waals surface area contributed by atoms with E-state index in [4.69, 9.17) is 9.47 Å². The van der Waals surface area contributed by atoms with Gasteiger partial charge in [-0.15, -0.1) is 0 Å². The maximum atomic E-state index is 5.53. The molecule has 1 aromatic heterocycles. The first kappa shape index (κ1) is 10.2. The summed E-state index contributed by atoms with van der Waals surface area (Å²) in [5, 5.41) is 2.98. The fraction of sp³-hybridized carbons (Fsp3) is 0.600. The zero-order chi connectivity index (χ0) is 10.7. The summed E-state index contributed by atoms with van der Waals surface area (Å²) < 4.78 is 10.6. The molecule has 1 aromatic rings. The number of ether oxygens (including phenoxy) is 2. The van der Waals surface area contributed by atoms with Gasteiger partial charge in [0, 0.05) is 19.7 Å². The molecule has 0 aliphatic carbocycles. The molecule has 0 amide bonds. The van der Waals surface area contributed by atoms with Crippen molar-refractivity contribution in [3.05, 3.63) is 11.9 Å². The van der Waals surface area contributed by atoms with Crippen molar-refractivity contribution in [3.8, 4) is 5.88 Å². The average molecular weight is 209 g/mol. The number of anilines is 1. The Kier molecular flexibility index (Phi) is 3.01. The zero-order valence-corrected chi connectivity index (χ0v) is 8.99. The highest BCUT2D eigenvalue weighted by molar-refractivity contribution is 5.37. The van der Waals surface area contributed by atoms with Gasteiger partial charge in [0.25, 0.3) is 0 Å². The molecule has 0 saturated carbocycles. The minimum absolute atomic E-state index is 0.0206. The van der Waals surface area contributed by atoms with Crippen LogP contribution in [0.3, 0.4) is 0 Å². The molecule has 1 aliphatic rings. The first-order valence-electron chi connectivity index (χ1n) is 5.06. The van der Waals surface area contributed by atoms with Crippen molar-refractivity contribution in [1.29, 1.82) is 0 Å². The van der Waals surface area contributed by atoms with Crippen LogP contribution in [0.4, 0.5) is 5.82 Å². The fourth-order valence-corrected chi connectivity index (χ4v) is 1.60. The normalized spacial score (nSPS) is 20.3. The molecule has 5 heteroatoms. The quantitative estimate of drug-likeness (QED) is 0.815.